The molecule has 20 heavy (non-hydrogen) atoms. The second-order valence-electron chi connectivity index (χ2n) is 4.55. The molecule has 1 aromatic carbocycles. The van der Waals surface area contributed by atoms with Crippen molar-refractivity contribution in [2.24, 2.45) is 7.05 Å². The fourth-order valence-electron chi connectivity index (χ4n) is 2.12. The van der Waals surface area contributed by atoms with Crippen LogP contribution in [0.2, 0.25) is 10.0 Å². The minimum absolute atomic E-state index is 0.0263. The molecule has 0 radical (unpaired) electrons. The summed E-state index contributed by atoms with van der Waals surface area (Å²) in [6, 6.07) is 5.55. The lowest BCUT2D eigenvalue weighted by Gasteiger charge is -2.21. The van der Waals surface area contributed by atoms with Crippen LogP contribution in [0, 0.1) is 0 Å². The summed E-state index contributed by atoms with van der Waals surface area (Å²) in [5.41, 5.74) is 2.04. The van der Waals surface area contributed by atoms with Gasteiger partial charge in [-0.2, -0.15) is 5.10 Å². The van der Waals surface area contributed by atoms with Crippen LogP contribution in [0.3, 0.4) is 0 Å². The Bertz CT molecular complexity index is 579. The number of hydrogen-bond donors (Lipinski definition) is 1. The molecule has 3 nitrogen and oxygen atoms in total. The van der Waals surface area contributed by atoms with Crippen LogP contribution in [0.15, 0.2) is 28.9 Å². The predicted molar refractivity (Wildman–Crippen MR) is 87.5 cm³/mol. The van der Waals surface area contributed by atoms with Gasteiger partial charge in [0.05, 0.1) is 22.4 Å². The monoisotopic (exact) mass is 375 g/mol. The highest BCUT2D eigenvalue weighted by atomic mass is 79.9. The molecule has 0 aliphatic heterocycles. The van der Waals surface area contributed by atoms with Gasteiger partial charge in [0, 0.05) is 17.1 Å². The van der Waals surface area contributed by atoms with Crippen LogP contribution < -0.4 is 5.32 Å². The fourth-order valence-corrected chi connectivity index (χ4v) is 3.22. The molecule has 1 atom stereocenters. The first kappa shape index (κ1) is 15.8. The van der Waals surface area contributed by atoms with Crippen molar-refractivity contribution in [1.82, 2.24) is 15.1 Å². The van der Waals surface area contributed by atoms with E-state index in [0.717, 1.165) is 28.7 Å². The standard InChI is InChI=1S/C14H16BrCl2N3/c1-3-6-18-13(14-11(15)8-19-20(14)2)10-5-4-9(16)7-12(10)17/h4-5,7-8,13,18H,3,6H2,1-2H3. The van der Waals surface area contributed by atoms with Gasteiger partial charge in [-0.3, -0.25) is 4.68 Å². The van der Waals surface area contributed by atoms with E-state index in [2.05, 4.69) is 33.3 Å². The van der Waals surface area contributed by atoms with Gasteiger partial charge in [0.2, 0.25) is 0 Å². The van der Waals surface area contributed by atoms with Crippen LogP contribution in [-0.2, 0) is 7.05 Å². The smallest absolute Gasteiger partial charge is 0.0774 e. The number of halogens is 3. The number of hydrogen-bond acceptors (Lipinski definition) is 2. The zero-order valence-corrected chi connectivity index (χ0v) is 14.4. The molecule has 2 rings (SSSR count). The van der Waals surface area contributed by atoms with Crippen LogP contribution in [-0.4, -0.2) is 16.3 Å². The number of nitrogens with one attached hydrogen (secondary N) is 1. The molecule has 1 N–H and O–H groups in total. The highest BCUT2D eigenvalue weighted by Gasteiger charge is 2.22. The number of rotatable bonds is 5. The SMILES string of the molecule is CCCNC(c1ccc(Cl)cc1Cl)c1c(Br)cnn1C. The van der Waals surface area contributed by atoms with Crippen molar-refractivity contribution in [3.8, 4) is 0 Å². The third-order valence-corrected chi connectivity index (χ3v) is 4.26. The average molecular weight is 377 g/mol. The topological polar surface area (TPSA) is 29.9 Å². The van der Waals surface area contributed by atoms with Crippen molar-refractivity contribution in [3.63, 3.8) is 0 Å². The molecule has 0 aliphatic carbocycles. The highest BCUT2D eigenvalue weighted by molar-refractivity contribution is 9.10. The summed E-state index contributed by atoms with van der Waals surface area (Å²) in [7, 11) is 1.92. The molecule has 0 aliphatic rings. The number of aromatic nitrogens is 2. The first-order valence-electron chi connectivity index (χ1n) is 6.40. The molecule has 0 amide bonds. The molecule has 6 heteroatoms. The van der Waals surface area contributed by atoms with Gasteiger partial charge in [0.1, 0.15) is 0 Å². The number of aryl methyl sites for hydroxylation is 1. The van der Waals surface area contributed by atoms with Crippen molar-refractivity contribution in [3.05, 3.63) is 50.2 Å². The van der Waals surface area contributed by atoms with Gasteiger partial charge in [0.25, 0.3) is 0 Å². The third-order valence-electron chi connectivity index (χ3n) is 3.08. The highest BCUT2D eigenvalue weighted by Crippen LogP contribution is 2.33. The van der Waals surface area contributed by atoms with E-state index in [1.165, 1.54) is 0 Å². The van der Waals surface area contributed by atoms with Gasteiger partial charge in [0.15, 0.2) is 0 Å². The summed E-state index contributed by atoms with van der Waals surface area (Å²) in [5, 5.41) is 9.08. The molecular formula is C14H16BrCl2N3. The molecule has 1 aromatic heterocycles. The molecule has 2 aromatic rings. The van der Waals surface area contributed by atoms with Crippen molar-refractivity contribution in [2.75, 3.05) is 6.54 Å². The molecule has 0 saturated carbocycles. The maximum Gasteiger partial charge on any atom is 0.0774 e. The minimum Gasteiger partial charge on any atom is -0.305 e. The van der Waals surface area contributed by atoms with Gasteiger partial charge in [-0.15, -0.1) is 0 Å². The zero-order chi connectivity index (χ0) is 14.7. The van der Waals surface area contributed by atoms with Crippen molar-refractivity contribution < 1.29 is 0 Å². The summed E-state index contributed by atoms with van der Waals surface area (Å²) >= 11 is 15.9. The lowest BCUT2D eigenvalue weighted by atomic mass is 10.0. The van der Waals surface area contributed by atoms with Gasteiger partial charge in [-0.05, 0) is 46.6 Å². The van der Waals surface area contributed by atoms with E-state index in [1.807, 2.05) is 23.9 Å². The largest absolute Gasteiger partial charge is 0.305 e. The second-order valence-corrected chi connectivity index (χ2v) is 6.25. The number of benzene rings is 1. The van der Waals surface area contributed by atoms with E-state index in [9.17, 15) is 0 Å². The second kappa shape index (κ2) is 6.94. The van der Waals surface area contributed by atoms with E-state index < -0.39 is 0 Å². The Labute approximate surface area is 137 Å². The first-order chi connectivity index (χ1) is 9.54. The fraction of sp³-hybridized carbons (Fsp3) is 0.357. The van der Waals surface area contributed by atoms with Crippen molar-refractivity contribution in [2.45, 2.75) is 19.4 Å². The maximum atomic E-state index is 6.36. The summed E-state index contributed by atoms with van der Waals surface area (Å²) < 4.78 is 2.81. The Morgan fingerprint density at radius 3 is 2.70 bits per heavy atom. The summed E-state index contributed by atoms with van der Waals surface area (Å²) in [6.07, 6.45) is 2.83. The Morgan fingerprint density at radius 2 is 2.15 bits per heavy atom. The van der Waals surface area contributed by atoms with E-state index in [0.29, 0.717) is 10.0 Å². The van der Waals surface area contributed by atoms with Crippen LogP contribution >= 0.6 is 39.1 Å². The Kier molecular flexibility index (Phi) is 5.49. The molecule has 0 saturated heterocycles. The predicted octanol–water partition coefficient (Wildman–Crippen LogP) is 4.58. The molecule has 0 bridgehead atoms. The third kappa shape index (κ3) is 3.37. The van der Waals surface area contributed by atoms with Crippen LogP contribution in [0.5, 0.6) is 0 Å². The Balaban J connectivity index is 2.47. The quantitative estimate of drug-likeness (QED) is 0.827. The first-order valence-corrected chi connectivity index (χ1v) is 7.95. The van der Waals surface area contributed by atoms with E-state index >= 15 is 0 Å². The van der Waals surface area contributed by atoms with Gasteiger partial charge in [-0.25, -0.2) is 0 Å². The van der Waals surface area contributed by atoms with E-state index in [-0.39, 0.29) is 6.04 Å². The zero-order valence-electron chi connectivity index (χ0n) is 11.3. The van der Waals surface area contributed by atoms with Gasteiger partial charge in [-0.1, -0.05) is 36.2 Å². The van der Waals surface area contributed by atoms with Gasteiger partial charge >= 0.3 is 0 Å². The molecule has 0 fully saturated rings. The summed E-state index contributed by atoms with van der Waals surface area (Å²) in [6.45, 7) is 3.02. The molecular weight excluding hydrogens is 361 g/mol. The normalized spacial score (nSPS) is 12.7. The maximum absolute atomic E-state index is 6.36. The van der Waals surface area contributed by atoms with Crippen LogP contribution in [0.4, 0.5) is 0 Å². The average Bonchev–Trinajstić information content (AvgIpc) is 2.72. The van der Waals surface area contributed by atoms with Crippen molar-refractivity contribution in [1.29, 1.82) is 0 Å². The summed E-state index contributed by atoms with van der Waals surface area (Å²) in [5.74, 6) is 0. The molecule has 1 heterocycles. The van der Waals surface area contributed by atoms with Gasteiger partial charge < -0.3 is 5.32 Å². The lowest BCUT2D eigenvalue weighted by molar-refractivity contribution is 0.552. The lowest BCUT2D eigenvalue weighted by Crippen LogP contribution is -2.26. The van der Waals surface area contributed by atoms with E-state index in [4.69, 9.17) is 23.2 Å². The molecule has 1 unspecified atom stereocenters. The van der Waals surface area contributed by atoms with Crippen molar-refractivity contribution >= 4 is 39.1 Å². The minimum atomic E-state index is -0.0263. The number of nitrogens with zero attached hydrogens (tertiary/aromatic N) is 2. The Morgan fingerprint density at radius 1 is 1.40 bits per heavy atom. The summed E-state index contributed by atoms with van der Waals surface area (Å²) in [4.78, 5) is 0. The van der Waals surface area contributed by atoms with E-state index in [1.54, 1.807) is 12.3 Å². The molecule has 0 spiro atoms. The van der Waals surface area contributed by atoms with Crippen LogP contribution in [0.25, 0.3) is 0 Å². The Hall–Kier alpha value is -0.550. The molecule has 108 valence electrons. The van der Waals surface area contributed by atoms with Crippen LogP contribution in [0.1, 0.15) is 30.6 Å².